The van der Waals surface area contributed by atoms with Gasteiger partial charge in [-0.15, -0.1) is 0 Å². The Morgan fingerprint density at radius 3 is 2.73 bits per heavy atom. The fourth-order valence-corrected chi connectivity index (χ4v) is 4.69. The van der Waals surface area contributed by atoms with E-state index in [1.54, 1.807) is 19.1 Å². The third-order valence-corrected chi connectivity index (χ3v) is 6.17. The molecule has 1 aromatic carbocycles. The van der Waals surface area contributed by atoms with Crippen LogP contribution >= 0.6 is 11.6 Å². The Morgan fingerprint density at radius 1 is 1.27 bits per heavy atom. The van der Waals surface area contributed by atoms with E-state index in [1.165, 1.54) is 25.3 Å². The molecule has 0 radical (unpaired) electrons. The van der Waals surface area contributed by atoms with Crippen molar-refractivity contribution in [1.29, 1.82) is 0 Å². The van der Waals surface area contributed by atoms with Crippen LogP contribution in [0.3, 0.4) is 0 Å². The van der Waals surface area contributed by atoms with E-state index in [0.29, 0.717) is 47.0 Å². The molecule has 0 amide bonds. The highest BCUT2D eigenvalue weighted by molar-refractivity contribution is 6.32. The van der Waals surface area contributed by atoms with Crippen molar-refractivity contribution in [1.82, 2.24) is 5.32 Å². The number of carbonyl (C=O) groups excluding carboxylic acids is 2. The number of Topliss-reactive ketones (excluding diaryl/α,β-unsaturated/α-hetero) is 1. The monoisotopic (exact) mass is 473 g/mol. The van der Waals surface area contributed by atoms with Gasteiger partial charge in [0.2, 0.25) is 0 Å². The summed E-state index contributed by atoms with van der Waals surface area (Å²) in [5, 5.41) is 3.41. The minimum Gasteiger partial charge on any atom is -0.484 e. The molecule has 1 aliphatic heterocycles. The smallest absolute Gasteiger partial charge is 0.336 e. The second-order valence-electron chi connectivity index (χ2n) is 9.09. The maximum Gasteiger partial charge on any atom is 0.336 e. The number of nitrogens with one attached hydrogen (secondary N) is 1. The molecular weight excluding hydrogens is 449 g/mol. The van der Waals surface area contributed by atoms with E-state index in [0.717, 1.165) is 5.70 Å². The molecule has 0 fully saturated rings. The molecule has 1 unspecified atom stereocenters. The second-order valence-corrected chi connectivity index (χ2v) is 9.50. The van der Waals surface area contributed by atoms with Gasteiger partial charge >= 0.3 is 5.97 Å². The summed E-state index contributed by atoms with van der Waals surface area (Å²) in [6, 6.07) is 7.31. The summed E-state index contributed by atoms with van der Waals surface area (Å²) in [6.07, 6.45) is 1.05. The van der Waals surface area contributed by atoms with Gasteiger partial charge in [-0.3, -0.25) is 4.79 Å². The molecule has 1 N–H and O–H groups in total. The fourth-order valence-electron chi connectivity index (χ4n) is 4.47. The quantitative estimate of drug-likeness (QED) is 0.583. The van der Waals surface area contributed by atoms with Gasteiger partial charge in [0.1, 0.15) is 29.7 Å². The lowest BCUT2D eigenvalue weighted by atomic mass is 9.69. The Bertz CT molecular complexity index is 1190. The predicted molar refractivity (Wildman–Crippen MR) is 120 cm³/mol. The molecule has 2 aromatic rings. The lowest BCUT2D eigenvalue weighted by Crippen LogP contribution is -2.38. The zero-order chi connectivity index (χ0) is 23.9. The number of allylic oxidation sites excluding steroid dienone is 3. The molecule has 8 heteroatoms. The summed E-state index contributed by atoms with van der Waals surface area (Å²) in [6.45, 7) is 5.92. The molecule has 1 atom stereocenters. The van der Waals surface area contributed by atoms with Gasteiger partial charge in [-0.2, -0.15) is 0 Å². The van der Waals surface area contributed by atoms with Gasteiger partial charge in [-0.05, 0) is 49.1 Å². The topological polar surface area (TPSA) is 77.8 Å². The van der Waals surface area contributed by atoms with Crippen LogP contribution in [0.25, 0.3) is 0 Å². The van der Waals surface area contributed by atoms with Gasteiger partial charge in [-0.25, -0.2) is 9.18 Å². The van der Waals surface area contributed by atoms with Gasteiger partial charge in [0.25, 0.3) is 0 Å². The number of dihydropyridines is 1. The maximum absolute atomic E-state index is 13.3. The van der Waals surface area contributed by atoms with Crippen LogP contribution in [-0.2, 0) is 20.9 Å². The van der Waals surface area contributed by atoms with Crippen molar-refractivity contribution in [2.24, 2.45) is 5.41 Å². The summed E-state index contributed by atoms with van der Waals surface area (Å²) >= 11 is 6.02. The Labute approximate surface area is 196 Å². The normalized spacial score (nSPS) is 19.8. The lowest BCUT2D eigenvalue weighted by Gasteiger charge is -2.38. The SMILES string of the molecule is COC(=O)C1=C(C)NC2=C(C(=O)CC(C)(C)C2)C1c1ccc(COc2ccc(F)cc2Cl)o1. The molecule has 0 saturated carbocycles. The first kappa shape index (κ1) is 23.1. The molecule has 1 aliphatic carbocycles. The van der Waals surface area contributed by atoms with Crippen molar-refractivity contribution < 1.29 is 27.9 Å². The highest BCUT2D eigenvalue weighted by Crippen LogP contribution is 2.47. The maximum atomic E-state index is 13.3. The highest BCUT2D eigenvalue weighted by Gasteiger charge is 2.44. The summed E-state index contributed by atoms with van der Waals surface area (Å²) in [7, 11) is 1.31. The first-order valence-corrected chi connectivity index (χ1v) is 11.0. The average Bonchev–Trinajstić information content (AvgIpc) is 3.19. The number of carbonyl (C=O) groups is 2. The Hall–Kier alpha value is -3.06. The second kappa shape index (κ2) is 8.71. The number of rotatable bonds is 5. The van der Waals surface area contributed by atoms with Crippen molar-refractivity contribution in [2.75, 3.05) is 7.11 Å². The predicted octanol–water partition coefficient (Wildman–Crippen LogP) is 5.43. The van der Waals surface area contributed by atoms with E-state index >= 15 is 0 Å². The third-order valence-electron chi connectivity index (χ3n) is 5.88. The van der Waals surface area contributed by atoms with Crippen molar-refractivity contribution in [2.45, 2.75) is 46.1 Å². The molecule has 0 saturated heterocycles. The average molecular weight is 474 g/mol. The van der Waals surface area contributed by atoms with Gasteiger partial charge in [0.05, 0.1) is 23.6 Å². The number of methoxy groups -OCH3 is 1. The largest absolute Gasteiger partial charge is 0.484 e. The van der Waals surface area contributed by atoms with E-state index in [2.05, 4.69) is 5.32 Å². The lowest BCUT2D eigenvalue weighted by molar-refractivity contribution is -0.136. The van der Waals surface area contributed by atoms with Crippen LogP contribution in [0.4, 0.5) is 4.39 Å². The van der Waals surface area contributed by atoms with Gasteiger partial charge < -0.3 is 19.2 Å². The van der Waals surface area contributed by atoms with Crippen LogP contribution in [0.2, 0.25) is 5.02 Å². The molecule has 174 valence electrons. The molecular formula is C25H25ClFNO5. The number of halogens is 2. The molecule has 0 bridgehead atoms. The van der Waals surface area contributed by atoms with E-state index in [9.17, 15) is 14.0 Å². The standard InChI is InChI=1S/C25H25ClFNO5/c1-13-21(24(30)31-4)23(22-17(28-13)10-25(2,3)11-18(22)29)20-8-6-15(33-20)12-32-19-7-5-14(27)9-16(19)26/h5-9,23,28H,10-12H2,1-4H3. The van der Waals surface area contributed by atoms with Crippen molar-refractivity contribution in [3.05, 3.63) is 75.2 Å². The van der Waals surface area contributed by atoms with E-state index in [-0.39, 0.29) is 22.8 Å². The van der Waals surface area contributed by atoms with Crippen LogP contribution in [0.15, 0.2) is 57.3 Å². The Kier molecular flexibility index (Phi) is 6.10. The molecule has 2 aliphatic rings. The molecule has 1 aromatic heterocycles. The zero-order valence-electron chi connectivity index (χ0n) is 18.9. The van der Waals surface area contributed by atoms with Crippen LogP contribution < -0.4 is 10.1 Å². The zero-order valence-corrected chi connectivity index (χ0v) is 19.6. The minimum atomic E-state index is -0.680. The summed E-state index contributed by atoms with van der Waals surface area (Å²) in [5.41, 5.74) is 2.12. The fraction of sp³-hybridized carbons (Fsp3) is 0.360. The van der Waals surface area contributed by atoms with E-state index < -0.39 is 17.7 Å². The summed E-state index contributed by atoms with van der Waals surface area (Å²) < 4.78 is 30.0. The number of benzene rings is 1. The van der Waals surface area contributed by atoms with Gasteiger partial charge in [0, 0.05) is 23.4 Å². The number of hydrogen-bond acceptors (Lipinski definition) is 6. The van der Waals surface area contributed by atoms with Gasteiger partial charge in [-0.1, -0.05) is 25.4 Å². The summed E-state index contributed by atoms with van der Waals surface area (Å²) in [5.74, 6) is -0.460. The minimum absolute atomic E-state index is 0.0278. The first-order chi connectivity index (χ1) is 15.6. The van der Waals surface area contributed by atoms with Crippen LogP contribution in [0.1, 0.15) is 51.1 Å². The Morgan fingerprint density at radius 2 is 2.03 bits per heavy atom. The summed E-state index contributed by atoms with van der Waals surface area (Å²) in [4.78, 5) is 25.9. The van der Waals surface area contributed by atoms with Crippen LogP contribution in [-0.4, -0.2) is 18.9 Å². The van der Waals surface area contributed by atoms with Crippen molar-refractivity contribution in [3.8, 4) is 5.75 Å². The molecule has 4 rings (SSSR count). The number of ether oxygens (including phenoxy) is 2. The third kappa shape index (κ3) is 4.55. The number of hydrogen-bond donors (Lipinski definition) is 1. The number of furan rings is 1. The molecule has 2 heterocycles. The van der Waals surface area contributed by atoms with Crippen molar-refractivity contribution in [3.63, 3.8) is 0 Å². The number of esters is 1. The van der Waals surface area contributed by atoms with Crippen molar-refractivity contribution >= 4 is 23.4 Å². The highest BCUT2D eigenvalue weighted by atomic mass is 35.5. The molecule has 6 nitrogen and oxygen atoms in total. The van der Waals surface area contributed by atoms with Crippen LogP contribution in [0, 0.1) is 11.2 Å². The molecule has 33 heavy (non-hydrogen) atoms. The van der Waals surface area contributed by atoms with E-state index in [4.69, 9.17) is 25.5 Å². The van der Waals surface area contributed by atoms with E-state index in [1.807, 2.05) is 13.8 Å². The molecule has 0 spiro atoms. The van der Waals surface area contributed by atoms with Gasteiger partial charge in [0.15, 0.2) is 5.78 Å². The number of ketones is 1. The Balaban J connectivity index is 1.68. The first-order valence-electron chi connectivity index (χ1n) is 10.6. The van der Waals surface area contributed by atoms with Crippen LogP contribution in [0.5, 0.6) is 5.75 Å².